The second-order valence-corrected chi connectivity index (χ2v) is 5.76. The molecule has 0 spiro atoms. The fraction of sp³-hybridized carbons (Fsp3) is 0.929. The number of unbranched alkanes of at least 4 members (excludes halogenated alkanes) is 1. The number of hydrogen-bond acceptors (Lipinski definition) is 3. The zero-order valence-electron chi connectivity index (χ0n) is 11.4. The minimum absolute atomic E-state index is 0.636. The smallest absolute Gasteiger partial charge is 0.101 e. The van der Waals surface area contributed by atoms with Gasteiger partial charge in [-0.15, -0.1) is 0 Å². The van der Waals surface area contributed by atoms with Gasteiger partial charge in [-0.2, -0.15) is 5.26 Å². The molecule has 1 fully saturated rings. The first-order chi connectivity index (χ1) is 8.05. The van der Waals surface area contributed by atoms with E-state index in [1.807, 2.05) is 6.92 Å². The van der Waals surface area contributed by atoms with E-state index in [2.05, 4.69) is 18.0 Å². The molecule has 1 unspecified atom stereocenters. The number of hydrogen-bond donors (Lipinski definition) is 1. The Bertz CT molecular complexity index is 249. The standard InChI is InChI=1S/C14H27N3/c1-14(16,12-15)10-6-7-11-17(2)13-8-4-3-5-9-13/h13H,3-11,16H2,1-2H3. The lowest BCUT2D eigenvalue weighted by atomic mass is 9.94. The molecule has 1 atom stereocenters. The average Bonchev–Trinajstić information content (AvgIpc) is 2.35. The van der Waals surface area contributed by atoms with E-state index in [1.54, 1.807) is 0 Å². The van der Waals surface area contributed by atoms with Crippen molar-refractivity contribution in [2.24, 2.45) is 5.73 Å². The Hall–Kier alpha value is -0.590. The topological polar surface area (TPSA) is 53.0 Å². The van der Waals surface area contributed by atoms with Gasteiger partial charge >= 0.3 is 0 Å². The molecule has 0 aromatic rings. The van der Waals surface area contributed by atoms with E-state index in [0.717, 1.165) is 31.8 Å². The van der Waals surface area contributed by atoms with Crippen molar-refractivity contribution < 1.29 is 0 Å². The zero-order valence-corrected chi connectivity index (χ0v) is 11.4. The summed E-state index contributed by atoms with van der Waals surface area (Å²) in [6, 6.07) is 2.95. The molecule has 1 saturated carbocycles. The molecule has 0 heterocycles. The summed E-state index contributed by atoms with van der Waals surface area (Å²) in [4.78, 5) is 2.50. The van der Waals surface area contributed by atoms with Gasteiger partial charge in [0.05, 0.1) is 6.07 Å². The van der Waals surface area contributed by atoms with E-state index in [4.69, 9.17) is 11.0 Å². The minimum Gasteiger partial charge on any atom is -0.314 e. The van der Waals surface area contributed by atoms with Crippen LogP contribution in [0.25, 0.3) is 0 Å². The van der Waals surface area contributed by atoms with E-state index in [-0.39, 0.29) is 0 Å². The normalized spacial score (nSPS) is 21.1. The summed E-state index contributed by atoms with van der Waals surface area (Å²) < 4.78 is 0. The lowest BCUT2D eigenvalue weighted by Gasteiger charge is -2.31. The zero-order chi connectivity index (χ0) is 12.7. The summed E-state index contributed by atoms with van der Waals surface area (Å²) in [5.74, 6) is 0. The average molecular weight is 237 g/mol. The van der Waals surface area contributed by atoms with Gasteiger partial charge in [0.1, 0.15) is 5.54 Å². The molecule has 3 heteroatoms. The first-order valence-corrected chi connectivity index (χ1v) is 6.95. The Morgan fingerprint density at radius 2 is 1.94 bits per heavy atom. The van der Waals surface area contributed by atoms with Crippen molar-refractivity contribution in [3.05, 3.63) is 0 Å². The monoisotopic (exact) mass is 237 g/mol. The van der Waals surface area contributed by atoms with Crippen LogP contribution in [-0.4, -0.2) is 30.1 Å². The quantitative estimate of drug-likeness (QED) is 0.723. The van der Waals surface area contributed by atoms with Crippen molar-refractivity contribution in [3.8, 4) is 6.07 Å². The van der Waals surface area contributed by atoms with Crippen LogP contribution in [0.4, 0.5) is 0 Å². The summed E-state index contributed by atoms with van der Waals surface area (Å²) in [5.41, 5.74) is 5.17. The maximum Gasteiger partial charge on any atom is 0.101 e. The molecule has 0 aromatic carbocycles. The van der Waals surface area contributed by atoms with Gasteiger partial charge in [-0.3, -0.25) is 0 Å². The Morgan fingerprint density at radius 1 is 1.29 bits per heavy atom. The number of nitriles is 1. The minimum atomic E-state index is -0.636. The van der Waals surface area contributed by atoms with Gasteiger partial charge in [-0.25, -0.2) is 0 Å². The summed E-state index contributed by atoms with van der Waals surface area (Å²) in [6.45, 7) is 2.96. The van der Waals surface area contributed by atoms with Crippen molar-refractivity contribution in [3.63, 3.8) is 0 Å². The predicted molar refractivity (Wildman–Crippen MR) is 71.6 cm³/mol. The van der Waals surface area contributed by atoms with Crippen molar-refractivity contribution in [1.29, 1.82) is 5.26 Å². The third kappa shape index (κ3) is 5.52. The van der Waals surface area contributed by atoms with Crippen LogP contribution in [0, 0.1) is 11.3 Å². The molecule has 1 aliphatic carbocycles. The molecule has 1 rings (SSSR count). The van der Waals surface area contributed by atoms with Gasteiger partial charge in [0.2, 0.25) is 0 Å². The Labute approximate surface area is 106 Å². The molecule has 1 aliphatic rings. The van der Waals surface area contributed by atoms with Crippen molar-refractivity contribution >= 4 is 0 Å². The van der Waals surface area contributed by atoms with Crippen LogP contribution in [0.2, 0.25) is 0 Å². The van der Waals surface area contributed by atoms with E-state index >= 15 is 0 Å². The Kier molecular flexibility index (Phi) is 5.94. The van der Waals surface area contributed by atoms with Crippen LogP contribution in [0.1, 0.15) is 58.3 Å². The van der Waals surface area contributed by atoms with Crippen LogP contribution < -0.4 is 5.73 Å². The van der Waals surface area contributed by atoms with E-state index < -0.39 is 5.54 Å². The van der Waals surface area contributed by atoms with E-state index in [0.29, 0.717) is 0 Å². The van der Waals surface area contributed by atoms with Crippen LogP contribution in [0.15, 0.2) is 0 Å². The summed E-state index contributed by atoms with van der Waals surface area (Å²) in [7, 11) is 2.24. The predicted octanol–water partition coefficient (Wildman–Crippen LogP) is 2.66. The van der Waals surface area contributed by atoms with Crippen molar-refractivity contribution in [2.45, 2.75) is 69.9 Å². The Morgan fingerprint density at radius 3 is 2.53 bits per heavy atom. The van der Waals surface area contributed by atoms with Crippen LogP contribution in [0.3, 0.4) is 0 Å². The lowest BCUT2D eigenvalue weighted by Crippen LogP contribution is -2.35. The van der Waals surface area contributed by atoms with Gasteiger partial charge in [0.15, 0.2) is 0 Å². The number of nitrogens with two attached hydrogens (primary N) is 1. The van der Waals surface area contributed by atoms with Crippen LogP contribution in [-0.2, 0) is 0 Å². The molecule has 2 N–H and O–H groups in total. The van der Waals surface area contributed by atoms with Crippen LogP contribution >= 0.6 is 0 Å². The summed E-state index contributed by atoms with van der Waals surface area (Å²) >= 11 is 0. The van der Waals surface area contributed by atoms with Gasteiger partial charge < -0.3 is 10.6 Å². The highest BCUT2D eigenvalue weighted by atomic mass is 15.1. The van der Waals surface area contributed by atoms with Crippen molar-refractivity contribution in [2.75, 3.05) is 13.6 Å². The molecule has 3 nitrogen and oxygen atoms in total. The highest BCUT2D eigenvalue weighted by molar-refractivity contribution is 5.00. The van der Waals surface area contributed by atoms with Crippen molar-refractivity contribution in [1.82, 2.24) is 4.90 Å². The molecule has 98 valence electrons. The number of rotatable bonds is 6. The largest absolute Gasteiger partial charge is 0.314 e. The first kappa shape index (κ1) is 14.5. The van der Waals surface area contributed by atoms with Crippen LogP contribution in [0.5, 0.6) is 0 Å². The van der Waals surface area contributed by atoms with Gasteiger partial charge in [-0.05, 0) is 52.6 Å². The molecule has 0 saturated heterocycles. The van der Waals surface area contributed by atoms with Gasteiger partial charge in [-0.1, -0.05) is 19.3 Å². The highest BCUT2D eigenvalue weighted by Gasteiger charge is 2.19. The lowest BCUT2D eigenvalue weighted by molar-refractivity contribution is 0.187. The third-order valence-corrected chi connectivity index (χ3v) is 3.91. The summed E-state index contributed by atoms with van der Waals surface area (Å²) in [5, 5.41) is 8.82. The number of nitrogens with zero attached hydrogens (tertiary/aromatic N) is 2. The maximum atomic E-state index is 8.82. The molecule has 0 bridgehead atoms. The van der Waals surface area contributed by atoms with Gasteiger partial charge in [0, 0.05) is 6.04 Å². The van der Waals surface area contributed by atoms with E-state index in [1.165, 1.54) is 32.1 Å². The second kappa shape index (κ2) is 6.98. The molecule has 0 amide bonds. The molecule has 0 aliphatic heterocycles. The fourth-order valence-corrected chi connectivity index (χ4v) is 2.61. The molecule has 0 aromatic heterocycles. The third-order valence-electron chi connectivity index (χ3n) is 3.91. The fourth-order valence-electron chi connectivity index (χ4n) is 2.61. The molecular formula is C14H27N3. The van der Waals surface area contributed by atoms with Gasteiger partial charge in [0.25, 0.3) is 0 Å². The first-order valence-electron chi connectivity index (χ1n) is 6.95. The SMILES string of the molecule is CN(CCCCC(C)(N)C#N)C1CCCCC1. The Balaban J connectivity index is 2.11. The summed E-state index contributed by atoms with van der Waals surface area (Å²) in [6.07, 6.45) is 9.94. The van der Waals surface area contributed by atoms with E-state index in [9.17, 15) is 0 Å². The molecule has 17 heavy (non-hydrogen) atoms. The maximum absolute atomic E-state index is 8.82. The molecular weight excluding hydrogens is 210 g/mol. The second-order valence-electron chi connectivity index (χ2n) is 5.76. The highest BCUT2D eigenvalue weighted by Crippen LogP contribution is 2.22. The molecule has 0 radical (unpaired) electrons.